The van der Waals surface area contributed by atoms with Gasteiger partial charge in [-0.05, 0) is 0 Å². The summed E-state index contributed by atoms with van der Waals surface area (Å²) in [7, 11) is -9.78. The summed E-state index contributed by atoms with van der Waals surface area (Å²) >= 11 is 0. The van der Waals surface area contributed by atoms with Gasteiger partial charge in [-0.25, -0.2) is 0 Å². The quantitative estimate of drug-likeness (QED) is 0.251. The van der Waals surface area contributed by atoms with Gasteiger partial charge in [0.2, 0.25) is 0 Å². The topological polar surface area (TPSA) is 161 Å². The van der Waals surface area contributed by atoms with Crippen LogP contribution in [-0.2, 0) is 9.13 Å². The summed E-state index contributed by atoms with van der Waals surface area (Å²) in [5.41, 5.74) is 0. The molecule has 4 N–H and O–H groups in total. The summed E-state index contributed by atoms with van der Waals surface area (Å²) in [6, 6.07) is 0. The van der Waals surface area contributed by atoms with Crippen molar-refractivity contribution in [3.05, 3.63) is 0 Å². The minimum absolute atomic E-state index is 0. The second-order valence-electron chi connectivity index (χ2n) is 0.981. The Morgan fingerprint density at radius 1 is 0.786 bits per heavy atom. The summed E-state index contributed by atoms with van der Waals surface area (Å²) in [5.74, 6) is 0. The van der Waals surface area contributed by atoms with Gasteiger partial charge in [-0.3, -0.25) is 9.13 Å². The van der Waals surface area contributed by atoms with E-state index in [2.05, 4.69) is 0 Å². The number of hydrogen-bond acceptors (Lipinski definition) is 4. The largest absolute Gasteiger partial charge is 1.00 e. The molecule has 0 radical (unpaired) electrons. The SMILES string of the molecule is O=P([O-])(O)O.O=P([O-])(O)O.[Cl-].[K+].[K+].[Na+]. The second-order valence-corrected chi connectivity index (χ2v) is 2.94. The maximum atomic E-state index is 8.77. The first-order valence-corrected chi connectivity index (χ1v) is 4.59. The third kappa shape index (κ3) is 183. The van der Waals surface area contributed by atoms with Gasteiger partial charge in [0.25, 0.3) is 15.6 Å². The molecule has 0 saturated carbocycles. The first-order valence-electron chi connectivity index (χ1n) is 1.53. The number of rotatable bonds is 0. The molecule has 0 saturated heterocycles. The van der Waals surface area contributed by atoms with Crippen molar-refractivity contribution in [1.82, 2.24) is 0 Å². The van der Waals surface area contributed by atoms with E-state index in [1.54, 1.807) is 0 Å². The van der Waals surface area contributed by atoms with Crippen LogP contribution in [0.4, 0.5) is 0 Å². The molecule has 0 bridgehead atoms. The van der Waals surface area contributed by atoms with Crippen LogP contribution >= 0.6 is 15.6 Å². The van der Waals surface area contributed by atoms with Gasteiger partial charge in [0.1, 0.15) is 0 Å². The first-order chi connectivity index (χ1) is 4.00. The Bertz CT molecular complexity index is 138. The third-order valence-corrected chi connectivity index (χ3v) is 0. The van der Waals surface area contributed by atoms with Crippen LogP contribution in [0.5, 0.6) is 0 Å². The van der Waals surface area contributed by atoms with E-state index in [4.69, 9.17) is 38.5 Å². The van der Waals surface area contributed by atoms with Crippen LogP contribution in [0.1, 0.15) is 0 Å². The van der Waals surface area contributed by atoms with E-state index in [0.29, 0.717) is 0 Å². The van der Waals surface area contributed by atoms with E-state index in [0.717, 1.165) is 0 Å². The zero-order valence-corrected chi connectivity index (χ0v) is 18.5. The Labute approximate surface area is 194 Å². The van der Waals surface area contributed by atoms with Crippen LogP contribution in [-0.4, -0.2) is 19.6 Å². The molecule has 0 spiro atoms. The third-order valence-electron chi connectivity index (χ3n) is 0. The molecule has 0 rings (SSSR count). The van der Waals surface area contributed by atoms with E-state index in [1.165, 1.54) is 0 Å². The minimum atomic E-state index is -4.89. The Morgan fingerprint density at radius 2 is 0.786 bits per heavy atom. The van der Waals surface area contributed by atoms with Crippen molar-refractivity contribution in [3.63, 3.8) is 0 Å². The second kappa shape index (κ2) is 17.8. The first kappa shape index (κ1) is 36.4. The molecule has 14 heteroatoms. The van der Waals surface area contributed by atoms with Crippen molar-refractivity contribution in [2.45, 2.75) is 0 Å². The molecule has 0 atom stereocenters. The van der Waals surface area contributed by atoms with Crippen molar-refractivity contribution < 1.29 is 183 Å². The van der Waals surface area contributed by atoms with Crippen molar-refractivity contribution in [1.29, 1.82) is 0 Å². The van der Waals surface area contributed by atoms with Crippen molar-refractivity contribution >= 4 is 15.6 Å². The number of hydrogen-bond donors (Lipinski definition) is 4. The van der Waals surface area contributed by atoms with Crippen molar-refractivity contribution in [2.24, 2.45) is 0 Å². The molecule has 0 aliphatic heterocycles. The predicted molar refractivity (Wildman–Crippen MR) is 24.1 cm³/mol. The smallest absolute Gasteiger partial charge is 1.00 e. The van der Waals surface area contributed by atoms with Gasteiger partial charge in [0.05, 0.1) is 0 Å². The van der Waals surface area contributed by atoms with Crippen LogP contribution in [0.15, 0.2) is 0 Å². The van der Waals surface area contributed by atoms with E-state index < -0.39 is 15.6 Å². The van der Waals surface area contributed by atoms with Crippen LogP contribution in [0.3, 0.4) is 0 Å². The van der Waals surface area contributed by atoms with Gasteiger partial charge < -0.3 is 41.8 Å². The maximum absolute atomic E-state index is 8.77. The fourth-order valence-electron chi connectivity index (χ4n) is 0. The standard InChI is InChI=1S/ClH.2K.Na.2H3O4P/c;;;;2*1-5(2,3)4/h1H;;;;2*(H3,1,2,3,4)/q;3*+1;;/p-3. The maximum Gasteiger partial charge on any atom is 1.00 e. The molecule has 0 aromatic heterocycles. The van der Waals surface area contributed by atoms with E-state index >= 15 is 0 Å². The zero-order chi connectivity index (χ0) is 9.00. The van der Waals surface area contributed by atoms with E-state index in [1.807, 2.05) is 0 Å². The zero-order valence-electron chi connectivity index (χ0n) is 7.69. The fourth-order valence-corrected chi connectivity index (χ4v) is 0. The molecule has 0 aliphatic carbocycles. The molecule has 72 valence electrons. The monoisotopic (exact) mass is 330 g/mol. The summed E-state index contributed by atoms with van der Waals surface area (Å²) in [6.45, 7) is 0. The molecule has 0 aromatic carbocycles. The van der Waals surface area contributed by atoms with Crippen molar-refractivity contribution in [2.75, 3.05) is 0 Å². The predicted octanol–water partition coefficient (Wildman–Crippen LogP) is -15.1. The van der Waals surface area contributed by atoms with Gasteiger partial charge >= 0.3 is 132 Å². The van der Waals surface area contributed by atoms with E-state index in [-0.39, 0.29) is 145 Å². The molecule has 0 unspecified atom stereocenters. The summed E-state index contributed by atoms with van der Waals surface area (Å²) in [5, 5.41) is 0. The molecular weight excluding hydrogens is 327 g/mol. The molecule has 0 amide bonds. The Balaban J connectivity index is -0.0000000178. The molecule has 0 heterocycles. The van der Waals surface area contributed by atoms with Crippen LogP contribution < -0.4 is 155 Å². The van der Waals surface area contributed by atoms with Gasteiger partial charge in [-0.2, -0.15) is 0 Å². The van der Waals surface area contributed by atoms with Gasteiger partial charge in [-0.1, -0.05) is 0 Å². The Kier molecular flexibility index (Phi) is 46.2. The molecule has 0 aromatic rings. The van der Waals surface area contributed by atoms with Crippen LogP contribution in [0.2, 0.25) is 0 Å². The average molecular weight is 331 g/mol. The fraction of sp³-hybridized carbons (Fsp3) is 0. The molecule has 0 aliphatic rings. The molecular formula is H4ClK2NaO8P2. The minimum Gasteiger partial charge on any atom is -1.00 e. The number of halogens is 1. The van der Waals surface area contributed by atoms with Crippen LogP contribution in [0, 0.1) is 0 Å². The van der Waals surface area contributed by atoms with Gasteiger partial charge in [0, 0.05) is 0 Å². The Morgan fingerprint density at radius 3 is 0.786 bits per heavy atom. The summed E-state index contributed by atoms with van der Waals surface area (Å²) < 4.78 is 17.5. The van der Waals surface area contributed by atoms with E-state index in [9.17, 15) is 0 Å². The Hall–Kier alpha value is 4.78. The number of phosphoric acid groups is 2. The van der Waals surface area contributed by atoms with Gasteiger partial charge in [-0.15, -0.1) is 0 Å². The molecule has 8 nitrogen and oxygen atoms in total. The summed E-state index contributed by atoms with van der Waals surface area (Å²) in [6.07, 6.45) is 0. The van der Waals surface area contributed by atoms with Crippen LogP contribution in [0.25, 0.3) is 0 Å². The summed E-state index contributed by atoms with van der Waals surface area (Å²) in [4.78, 5) is 45.8. The molecule has 14 heavy (non-hydrogen) atoms. The molecule has 0 fully saturated rings. The van der Waals surface area contributed by atoms with Crippen molar-refractivity contribution in [3.8, 4) is 0 Å². The average Bonchev–Trinajstić information content (AvgIpc) is 1.12. The van der Waals surface area contributed by atoms with Gasteiger partial charge in [0.15, 0.2) is 0 Å². The normalized spacial score (nSPS) is 8.43.